The normalized spacial score (nSPS) is 21.2. The van der Waals surface area contributed by atoms with Crippen molar-refractivity contribution in [2.45, 2.75) is 63.3 Å². The highest BCUT2D eigenvalue weighted by Gasteiger charge is 2.38. The summed E-state index contributed by atoms with van der Waals surface area (Å²) in [7, 11) is 0. The van der Waals surface area contributed by atoms with Gasteiger partial charge in [-0.2, -0.15) is 0 Å². The number of carboxylic acids is 1. The molecule has 0 aliphatic carbocycles. The largest absolute Gasteiger partial charge is 0.480 e. The first-order valence-electron chi connectivity index (χ1n) is 8.27. The lowest BCUT2D eigenvalue weighted by molar-refractivity contribution is -0.146. The number of amides is 2. The van der Waals surface area contributed by atoms with E-state index in [2.05, 4.69) is 5.32 Å². The molecule has 1 aliphatic heterocycles. The number of hydrogen-bond donors (Lipinski definition) is 5. The third-order valence-corrected chi connectivity index (χ3v) is 4.17. The van der Waals surface area contributed by atoms with Gasteiger partial charge in [-0.25, -0.2) is 4.79 Å². The van der Waals surface area contributed by atoms with Crippen molar-refractivity contribution in [1.29, 1.82) is 0 Å². The molecule has 0 aromatic carbocycles. The summed E-state index contributed by atoms with van der Waals surface area (Å²) in [5.41, 5.74) is 11.3. The minimum atomic E-state index is -1.41. The molecule has 1 aliphatic rings. The molecular formula is C15H28N4O5. The van der Waals surface area contributed by atoms with E-state index in [4.69, 9.17) is 16.6 Å². The summed E-state index contributed by atoms with van der Waals surface area (Å²) in [5.74, 6) is -2.22. The molecular weight excluding hydrogens is 316 g/mol. The van der Waals surface area contributed by atoms with Crippen LogP contribution < -0.4 is 16.8 Å². The summed E-state index contributed by atoms with van der Waals surface area (Å²) in [6.45, 7) is 2.23. The Morgan fingerprint density at radius 2 is 2.00 bits per heavy atom. The predicted molar refractivity (Wildman–Crippen MR) is 86.9 cm³/mol. The number of carbonyl (C=O) groups excluding carboxylic acids is 2. The number of unbranched alkanes of at least 4 members (excludes halogenated alkanes) is 1. The highest BCUT2D eigenvalue weighted by Crippen LogP contribution is 2.19. The van der Waals surface area contributed by atoms with Crippen LogP contribution in [-0.4, -0.2) is 70.2 Å². The van der Waals surface area contributed by atoms with Crippen LogP contribution in [0.3, 0.4) is 0 Å². The lowest BCUT2D eigenvalue weighted by atomic mass is 10.1. The number of carboxylic acid groups (broad SMARTS) is 1. The molecule has 138 valence electrons. The van der Waals surface area contributed by atoms with Crippen molar-refractivity contribution < 1.29 is 24.6 Å². The molecule has 1 unspecified atom stereocenters. The standard InChI is InChI=1S/C15H28N4O5/c1-9(20)12(15(23)24)18-13(21)11-6-4-8-19(11)14(22)10(17)5-2-3-7-16/h9-12,20H,2-8,16-17H2,1H3,(H,18,21)(H,23,24)/t9?,10-,11+,12-/m0/s1. The lowest BCUT2D eigenvalue weighted by Crippen LogP contribution is -2.56. The zero-order chi connectivity index (χ0) is 18.3. The molecule has 1 rings (SSSR count). The molecule has 7 N–H and O–H groups in total. The van der Waals surface area contributed by atoms with Crippen molar-refractivity contribution in [1.82, 2.24) is 10.2 Å². The first-order valence-corrected chi connectivity index (χ1v) is 8.27. The Balaban J connectivity index is 2.68. The van der Waals surface area contributed by atoms with Crippen molar-refractivity contribution in [3.63, 3.8) is 0 Å². The van der Waals surface area contributed by atoms with E-state index in [1.54, 1.807) is 0 Å². The van der Waals surface area contributed by atoms with E-state index < -0.39 is 36.1 Å². The number of hydrogen-bond acceptors (Lipinski definition) is 6. The van der Waals surface area contributed by atoms with E-state index >= 15 is 0 Å². The number of rotatable bonds is 9. The van der Waals surface area contributed by atoms with Gasteiger partial charge in [0.1, 0.15) is 6.04 Å². The van der Waals surface area contributed by atoms with Crippen LogP contribution in [-0.2, 0) is 14.4 Å². The van der Waals surface area contributed by atoms with E-state index in [-0.39, 0.29) is 5.91 Å². The quantitative estimate of drug-likeness (QED) is 0.314. The molecule has 0 radical (unpaired) electrons. The van der Waals surface area contributed by atoms with Gasteiger partial charge >= 0.3 is 5.97 Å². The third kappa shape index (κ3) is 5.43. The van der Waals surface area contributed by atoms with Crippen molar-refractivity contribution in [3.8, 4) is 0 Å². The summed E-state index contributed by atoms with van der Waals surface area (Å²) >= 11 is 0. The second-order valence-electron chi connectivity index (χ2n) is 6.15. The molecule has 0 saturated carbocycles. The predicted octanol–water partition coefficient (Wildman–Crippen LogP) is -1.62. The average Bonchev–Trinajstić information content (AvgIpc) is 3.00. The summed E-state index contributed by atoms with van der Waals surface area (Å²) in [4.78, 5) is 37.2. The molecule has 9 heteroatoms. The second kappa shape index (κ2) is 9.55. The van der Waals surface area contributed by atoms with E-state index in [1.807, 2.05) is 0 Å². The minimum absolute atomic E-state index is 0.311. The van der Waals surface area contributed by atoms with Gasteiger partial charge < -0.3 is 31.9 Å². The molecule has 2 amide bonds. The summed E-state index contributed by atoms with van der Waals surface area (Å²) in [6, 6.07) is -2.86. The zero-order valence-electron chi connectivity index (χ0n) is 14.0. The molecule has 1 heterocycles. The van der Waals surface area contributed by atoms with Gasteiger partial charge in [-0.3, -0.25) is 9.59 Å². The Morgan fingerprint density at radius 3 is 2.54 bits per heavy atom. The van der Waals surface area contributed by atoms with Crippen LogP contribution in [0.1, 0.15) is 39.0 Å². The van der Waals surface area contributed by atoms with Crippen LogP contribution in [0.5, 0.6) is 0 Å². The Kier molecular flexibility index (Phi) is 8.09. The molecule has 24 heavy (non-hydrogen) atoms. The topological polar surface area (TPSA) is 159 Å². The van der Waals surface area contributed by atoms with E-state index in [0.29, 0.717) is 32.4 Å². The van der Waals surface area contributed by atoms with E-state index in [0.717, 1.165) is 12.8 Å². The highest BCUT2D eigenvalue weighted by molar-refractivity contribution is 5.92. The molecule has 1 fully saturated rings. The number of carbonyl (C=O) groups is 3. The van der Waals surface area contributed by atoms with Gasteiger partial charge in [-0.15, -0.1) is 0 Å². The van der Waals surface area contributed by atoms with Crippen LogP contribution in [0, 0.1) is 0 Å². The van der Waals surface area contributed by atoms with Gasteiger partial charge in [-0.05, 0) is 39.2 Å². The Labute approximate surface area is 141 Å². The lowest BCUT2D eigenvalue weighted by Gasteiger charge is -2.28. The van der Waals surface area contributed by atoms with Crippen LogP contribution in [0.15, 0.2) is 0 Å². The zero-order valence-corrected chi connectivity index (χ0v) is 14.0. The Bertz CT molecular complexity index is 457. The number of likely N-dealkylation sites (tertiary alicyclic amines) is 1. The Hall–Kier alpha value is -1.71. The number of aliphatic carboxylic acids is 1. The molecule has 0 aromatic heterocycles. The van der Waals surface area contributed by atoms with Crippen LogP contribution in [0.2, 0.25) is 0 Å². The molecule has 9 nitrogen and oxygen atoms in total. The SMILES string of the molecule is CC(O)[C@H](NC(=O)[C@H]1CCCN1C(=O)[C@@H](N)CCCCN)C(=O)O. The fourth-order valence-electron chi connectivity index (χ4n) is 2.79. The van der Waals surface area contributed by atoms with E-state index in [1.165, 1.54) is 11.8 Å². The van der Waals surface area contributed by atoms with Crippen LogP contribution in [0.4, 0.5) is 0 Å². The van der Waals surface area contributed by atoms with Gasteiger partial charge in [0.05, 0.1) is 12.1 Å². The smallest absolute Gasteiger partial charge is 0.328 e. The fourth-order valence-corrected chi connectivity index (χ4v) is 2.79. The summed E-state index contributed by atoms with van der Waals surface area (Å²) in [6.07, 6.45) is 1.85. The van der Waals surface area contributed by atoms with Crippen molar-refractivity contribution in [2.75, 3.05) is 13.1 Å². The minimum Gasteiger partial charge on any atom is -0.480 e. The van der Waals surface area contributed by atoms with E-state index in [9.17, 15) is 19.5 Å². The first-order chi connectivity index (χ1) is 11.3. The molecule has 0 aromatic rings. The maximum absolute atomic E-state index is 12.4. The van der Waals surface area contributed by atoms with Crippen molar-refractivity contribution in [3.05, 3.63) is 0 Å². The van der Waals surface area contributed by atoms with Gasteiger partial charge in [-0.1, -0.05) is 6.42 Å². The van der Waals surface area contributed by atoms with Crippen LogP contribution in [0.25, 0.3) is 0 Å². The Morgan fingerprint density at radius 1 is 1.33 bits per heavy atom. The summed E-state index contributed by atoms with van der Waals surface area (Å²) in [5, 5.41) is 20.8. The highest BCUT2D eigenvalue weighted by atomic mass is 16.4. The number of nitrogens with two attached hydrogens (primary N) is 2. The van der Waals surface area contributed by atoms with Crippen molar-refractivity contribution >= 4 is 17.8 Å². The fraction of sp³-hybridized carbons (Fsp3) is 0.800. The molecule has 0 spiro atoms. The van der Waals surface area contributed by atoms with Crippen LogP contribution >= 0.6 is 0 Å². The van der Waals surface area contributed by atoms with Gasteiger partial charge in [0.15, 0.2) is 6.04 Å². The molecule has 0 bridgehead atoms. The maximum Gasteiger partial charge on any atom is 0.328 e. The number of aliphatic hydroxyl groups excluding tert-OH is 1. The van der Waals surface area contributed by atoms with Crippen molar-refractivity contribution in [2.24, 2.45) is 11.5 Å². The number of nitrogens with one attached hydrogen (secondary N) is 1. The average molecular weight is 344 g/mol. The number of nitrogens with zero attached hydrogens (tertiary/aromatic N) is 1. The second-order valence-corrected chi connectivity index (χ2v) is 6.15. The van der Waals surface area contributed by atoms with Gasteiger partial charge in [0, 0.05) is 6.54 Å². The molecule has 1 saturated heterocycles. The third-order valence-electron chi connectivity index (χ3n) is 4.17. The first kappa shape index (κ1) is 20.3. The monoisotopic (exact) mass is 344 g/mol. The maximum atomic E-state index is 12.4. The van der Waals surface area contributed by atoms with Gasteiger partial charge in [0.2, 0.25) is 11.8 Å². The summed E-state index contributed by atoms with van der Waals surface area (Å²) < 4.78 is 0. The van der Waals surface area contributed by atoms with Gasteiger partial charge in [0.25, 0.3) is 0 Å². The molecule has 4 atom stereocenters. The number of aliphatic hydroxyl groups is 1.